The lowest BCUT2D eigenvalue weighted by atomic mass is 10.0. The van der Waals surface area contributed by atoms with Gasteiger partial charge < -0.3 is 5.73 Å². The Balaban J connectivity index is 2.46. The largest absolute Gasteiger partial charge is 0.523 e. The third kappa shape index (κ3) is 3.15. The molecule has 0 bridgehead atoms. The monoisotopic (exact) mass is 285 g/mol. The first-order valence-corrected chi connectivity index (χ1v) is 5.51. The fourth-order valence-electron chi connectivity index (χ4n) is 1.74. The van der Waals surface area contributed by atoms with E-state index < -0.39 is 18.4 Å². The molecule has 0 spiro atoms. The lowest BCUT2D eigenvalue weighted by Gasteiger charge is -2.18. The molecule has 2 rings (SSSR count). The van der Waals surface area contributed by atoms with E-state index in [1.54, 1.807) is 18.2 Å². The van der Waals surface area contributed by atoms with Crippen LogP contribution in [0.5, 0.6) is 0 Å². The molecular formula is C12H10F3N3O2. The Morgan fingerprint density at radius 1 is 1.30 bits per heavy atom. The van der Waals surface area contributed by atoms with Gasteiger partial charge in [-0.2, -0.15) is 5.10 Å². The summed E-state index contributed by atoms with van der Waals surface area (Å²) in [7, 11) is 0. The summed E-state index contributed by atoms with van der Waals surface area (Å²) in [6, 6.07) is 7.64. The van der Waals surface area contributed by atoms with E-state index in [1.165, 1.54) is 12.1 Å². The highest BCUT2D eigenvalue weighted by Gasteiger charge is 2.37. The number of rotatable bonds is 4. The van der Waals surface area contributed by atoms with Crippen molar-refractivity contribution in [2.75, 3.05) is 0 Å². The van der Waals surface area contributed by atoms with Crippen LogP contribution in [0.4, 0.5) is 13.2 Å². The molecule has 1 atom stereocenters. The number of H-pyrrole nitrogens is 1. The van der Waals surface area contributed by atoms with E-state index in [0.29, 0.717) is 0 Å². The lowest BCUT2D eigenvalue weighted by Crippen LogP contribution is -2.22. The maximum Gasteiger partial charge on any atom is 0.523 e. The van der Waals surface area contributed by atoms with Gasteiger partial charge in [-0.05, 0) is 5.56 Å². The summed E-state index contributed by atoms with van der Waals surface area (Å²) in [5.74, 6) is -0.888. The molecule has 0 saturated carbocycles. The zero-order valence-electron chi connectivity index (χ0n) is 10.0. The fraction of sp³-hybridized carbons (Fsp3) is 0.167. The van der Waals surface area contributed by atoms with E-state index in [-0.39, 0.29) is 16.8 Å². The number of nitrogens with two attached hydrogens (primary N) is 1. The van der Waals surface area contributed by atoms with Gasteiger partial charge in [0.2, 0.25) is 0 Å². The number of carbonyl (C=O) groups is 1. The third-order valence-corrected chi connectivity index (χ3v) is 2.54. The number of carbonyl (C=O) groups excluding carboxylic acids is 1. The predicted octanol–water partition coefficient (Wildman–Crippen LogP) is 2.13. The van der Waals surface area contributed by atoms with E-state index in [0.717, 1.165) is 6.20 Å². The SMILES string of the molecule is NC(=O)c1c[nH]nc1C(OC(F)(F)F)c1ccccc1. The van der Waals surface area contributed by atoms with Crippen LogP contribution in [0.2, 0.25) is 0 Å². The first-order valence-electron chi connectivity index (χ1n) is 5.51. The number of primary amides is 1. The van der Waals surface area contributed by atoms with Crippen LogP contribution in [-0.2, 0) is 4.74 Å². The Hall–Kier alpha value is -2.35. The average molecular weight is 285 g/mol. The van der Waals surface area contributed by atoms with Crippen molar-refractivity contribution in [2.24, 2.45) is 5.73 Å². The molecule has 1 aromatic heterocycles. The molecule has 1 heterocycles. The number of hydrogen-bond acceptors (Lipinski definition) is 3. The van der Waals surface area contributed by atoms with Gasteiger partial charge in [-0.1, -0.05) is 30.3 Å². The molecule has 0 fully saturated rings. The summed E-state index contributed by atoms with van der Waals surface area (Å²) < 4.78 is 41.7. The molecule has 0 aliphatic carbocycles. The molecular weight excluding hydrogens is 275 g/mol. The van der Waals surface area contributed by atoms with Crippen LogP contribution in [0.15, 0.2) is 36.5 Å². The summed E-state index contributed by atoms with van der Waals surface area (Å²) in [4.78, 5) is 11.2. The molecule has 2 aromatic rings. The minimum atomic E-state index is -4.88. The molecule has 8 heteroatoms. The highest BCUT2D eigenvalue weighted by molar-refractivity contribution is 5.93. The lowest BCUT2D eigenvalue weighted by molar-refractivity contribution is -0.339. The molecule has 5 nitrogen and oxygen atoms in total. The molecule has 1 unspecified atom stereocenters. The summed E-state index contributed by atoms with van der Waals surface area (Å²) >= 11 is 0. The predicted molar refractivity (Wildman–Crippen MR) is 62.5 cm³/mol. The number of ether oxygens (including phenoxy) is 1. The first-order chi connectivity index (χ1) is 9.38. The summed E-state index contributed by atoms with van der Waals surface area (Å²) in [6.45, 7) is 0. The zero-order chi connectivity index (χ0) is 14.8. The molecule has 106 valence electrons. The van der Waals surface area contributed by atoms with E-state index in [1.807, 2.05) is 0 Å². The Morgan fingerprint density at radius 2 is 1.95 bits per heavy atom. The van der Waals surface area contributed by atoms with Gasteiger partial charge in [0, 0.05) is 6.20 Å². The summed E-state index contributed by atoms with van der Waals surface area (Å²) in [5.41, 5.74) is 4.95. The van der Waals surface area contributed by atoms with Crippen molar-refractivity contribution in [3.8, 4) is 0 Å². The second kappa shape index (κ2) is 5.33. The van der Waals surface area contributed by atoms with Crippen molar-refractivity contribution >= 4 is 5.91 Å². The second-order valence-electron chi connectivity index (χ2n) is 3.90. The molecule has 1 amide bonds. The summed E-state index contributed by atoms with van der Waals surface area (Å²) in [6.07, 6.45) is -5.31. The van der Waals surface area contributed by atoms with Crippen LogP contribution in [0.1, 0.15) is 27.7 Å². The maximum atomic E-state index is 12.5. The Labute approximate surface area is 111 Å². The van der Waals surface area contributed by atoms with Gasteiger partial charge in [0.25, 0.3) is 5.91 Å². The van der Waals surface area contributed by atoms with Crippen molar-refractivity contribution in [2.45, 2.75) is 12.5 Å². The Kier molecular flexibility index (Phi) is 3.75. The van der Waals surface area contributed by atoms with Gasteiger partial charge in [0.05, 0.1) is 5.56 Å². The third-order valence-electron chi connectivity index (χ3n) is 2.54. The highest BCUT2D eigenvalue weighted by Crippen LogP contribution is 2.33. The number of aromatic nitrogens is 2. The number of halogens is 3. The number of nitrogens with one attached hydrogen (secondary N) is 1. The van der Waals surface area contributed by atoms with E-state index >= 15 is 0 Å². The first kappa shape index (κ1) is 14.1. The molecule has 3 N–H and O–H groups in total. The van der Waals surface area contributed by atoms with Crippen molar-refractivity contribution in [3.05, 3.63) is 53.3 Å². The van der Waals surface area contributed by atoms with E-state index in [2.05, 4.69) is 14.9 Å². The minimum Gasteiger partial charge on any atom is -0.365 e. The van der Waals surface area contributed by atoms with Crippen molar-refractivity contribution in [1.82, 2.24) is 10.2 Å². The van der Waals surface area contributed by atoms with Crippen LogP contribution in [0.3, 0.4) is 0 Å². The van der Waals surface area contributed by atoms with Crippen LogP contribution < -0.4 is 5.73 Å². The van der Waals surface area contributed by atoms with Gasteiger partial charge in [-0.15, -0.1) is 13.2 Å². The van der Waals surface area contributed by atoms with Gasteiger partial charge in [0.1, 0.15) is 11.8 Å². The average Bonchev–Trinajstić information content (AvgIpc) is 2.85. The number of nitrogens with zero attached hydrogens (tertiary/aromatic N) is 1. The smallest absolute Gasteiger partial charge is 0.365 e. The van der Waals surface area contributed by atoms with Crippen molar-refractivity contribution < 1.29 is 22.7 Å². The number of hydrogen-bond donors (Lipinski definition) is 2. The minimum absolute atomic E-state index is 0.150. The van der Waals surface area contributed by atoms with Crippen LogP contribution in [0.25, 0.3) is 0 Å². The highest BCUT2D eigenvalue weighted by atomic mass is 19.4. The molecule has 20 heavy (non-hydrogen) atoms. The number of alkyl halides is 3. The Morgan fingerprint density at radius 3 is 2.50 bits per heavy atom. The second-order valence-corrected chi connectivity index (χ2v) is 3.90. The molecule has 0 saturated heterocycles. The van der Waals surface area contributed by atoms with Gasteiger partial charge in [-0.3, -0.25) is 14.6 Å². The Bertz CT molecular complexity index is 595. The van der Waals surface area contributed by atoms with Gasteiger partial charge in [-0.25, -0.2) is 0 Å². The van der Waals surface area contributed by atoms with Gasteiger partial charge in [0.15, 0.2) is 0 Å². The van der Waals surface area contributed by atoms with Crippen molar-refractivity contribution in [3.63, 3.8) is 0 Å². The zero-order valence-corrected chi connectivity index (χ0v) is 10.0. The van der Waals surface area contributed by atoms with Crippen LogP contribution in [-0.4, -0.2) is 22.5 Å². The van der Waals surface area contributed by atoms with Crippen molar-refractivity contribution in [1.29, 1.82) is 0 Å². The number of benzene rings is 1. The molecule has 0 radical (unpaired) electrons. The van der Waals surface area contributed by atoms with Crippen LogP contribution in [0, 0.1) is 0 Å². The molecule has 0 aliphatic heterocycles. The number of aromatic amines is 1. The summed E-state index contributed by atoms with van der Waals surface area (Å²) in [5, 5.41) is 5.96. The number of amides is 1. The van der Waals surface area contributed by atoms with Crippen LogP contribution >= 0.6 is 0 Å². The topological polar surface area (TPSA) is 81.0 Å². The maximum absolute atomic E-state index is 12.5. The van der Waals surface area contributed by atoms with Gasteiger partial charge >= 0.3 is 6.36 Å². The normalized spacial score (nSPS) is 13.2. The quantitative estimate of drug-likeness (QED) is 0.903. The molecule has 1 aromatic carbocycles. The van der Waals surface area contributed by atoms with E-state index in [9.17, 15) is 18.0 Å². The molecule has 0 aliphatic rings. The standard InChI is InChI=1S/C12H10F3N3O2/c13-12(14,15)20-10(7-4-2-1-3-5-7)9-8(11(16)19)6-17-18-9/h1-6,10H,(H2,16,19)(H,17,18). The van der Waals surface area contributed by atoms with E-state index in [4.69, 9.17) is 5.73 Å². The fourth-order valence-corrected chi connectivity index (χ4v) is 1.74.